The predicted octanol–water partition coefficient (Wildman–Crippen LogP) is -0.0553. The van der Waals surface area contributed by atoms with Gasteiger partial charge in [-0.1, -0.05) is 0 Å². The third-order valence-electron chi connectivity index (χ3n) is 1.64. The Kier molecular flexibility index (Phi) is 7.83. The van der Waals surface area contributed by atoms with E-state index in [-0.39, 0.29) is 31.0 Å². The Balaban J connectivity index is 3.79. The lowest BCUT2D eigenvalue weighted by molar-refractivity contribution is 0.0305. The van der Waals surface area contributed by atoms with Crippen LogP contribution in [-0.4, -0.2) is 66.5 Å². The number of ether oxygens (including phenoxy) is 1. The van der Waals surface area contributed by atoms with Crippen LogP contribution in [0.3, 0.4) is 0 Å². The average molecular weight is 296 g/mol. The molecule has 0 unspecified atom stereocenters. The minimum Gasteiger partial charge on any atom is -0.389 e. The van der Waals surface area contributed by atoms with Gasteiger partial charge >= 0.3 is 10.3 Å². The van der Waals surface area contributed by atoms with Gasteiger partial charge in [0.2, 0.25) is 0 Å². The van der Waals surface area contributed by atoms with Crippen molar-refractivity contribution in [2.75, 3.05) is 32.7 Å². The zero-order valence-electron chi connectivity index (χ0n) is 8.71. The molecular formula is C7H15Cl2NO5S. The van der Waals surface area contributed by atoms with Crippen LogP contribution in [0, 0.1) is 0 Å². The second-order valence-electron chi connectivity index (χ2n) is 3.20. The Morgan fingerprint density at radius 1 is 1.44 bits per heavy atom. The third-order valence-corrected chi connectivity index (χ3v) is 3.39. The fraction of sp³-hybridized carbons (Fsp3) is 1.00. The van der Waals surface area contributed by atoms with Crippen molar-refractivity contribution in [3.63, 3.8) is 0 Å². The Hall–Kier alpha value is 0.370. The highest BCUT2D eigenvalue weighted by atomic mass is 35.5. The molecule has 0 radical (unpaired) electrons. The fourth-order valence-corrected chi connectivity index (χ4v) is 1.36. The predicted molar refractivity (Wildman–Crippen MR) is 61.4 cm³/mol. The summed E-state index contributed by atoms with van der Waals surface area (Å²) in [6.45, 7) is -0.176. The number of nitrogens with zero attached hydrogens (tertiary/aromatic N) is 1. The second-order valence-corrected chi connectivity index (χ2v) is 5.65. The van der Waals surface area contributed by atoms with Gasteiger partial charge in [-0.15, -0.1) is 23.2 Å². The van der Waals surface area contributed by atoms with E-state index < -0.39 is 16.4 Å². The molecule has 98 valence electrons. The first-order valence-corrected chi connectivity index (χ1v) is 6.78. The molecule has 0 rings (SSSR count). The van der Waals surface area contributed by atoms with E-state index in [1.807, 2.05) is 0 Å². The van der Waals surface area contributed by atoms with Gasteiger partial charge in [-0.3, -0.25) is 4.55 Å². The summed E-state index contributed by atoms with van der Waals surface area (Å²) >= 11 is 11.1. The Bertz CT molecular complexity index is 287. The number of alkyl halides is 2. The van der Waals surface area contributed by atoms with E-state index in [0.717, 1.165) is 7.05 Å². The second kappa shape index (κ2) is 7.65. The fourth-order valence-electron chi connectivity index (χ4n) is 0.820. The normalized spacial score (nSPS) is 16.4. The molecule has 0 aromatic heterocycles. The van der Waals surface area contributed by atoms with E-state index in [4.69, 9.17) is 32.5 Å². The van der Waals surface area contributed by atoms with Crippen molar-refractivity contribution in [2.45, 2.75) is 11.5 Å². The molecule has 0 spiro atoms. The van der Waals surface area contributed by atoms with Crippen molar-refractivity contribution in [1.82, 2.24) is 4.31 Å². The van der Waals surface area contributed by atoms with Crippen molar-refractivity contribution in [2.24, 2.45) is 0 Å². The molecule has 0 amide bonds. The van der Waals surface area contributed by atoms with Crippen LogP contribution in [0.2, 0.25) is 0 Å². The maximum absolute atomic E-state index is 10.6. The van der Waals surface area contributed by atoms with Gasteiger partial charge in [-0.2, -0.15) is 12.7 Å². The Morgan fingerprint density at radius 3 is 2.44 bits per heavy atom. The highest BCUT2D eigenvalue weighted by Crippen LogP contribution is 2.01. The van der Waals surface area contributed by atoms with Crippen molar-refractivity contribution in [3.05, 3.63) is 0 Å². The molecule has 0 aromatic carbocycles. The van der Waals surface area contributed by atoms with Gasteiger partial charge in [0, 0.05) is 19.5 Å². The maximum atomic E-state index is 10.6. The zero-order chi connectivity index (χ0) is 12.8. The number of likely N-dealkylation sites (N-methyl/N-ethyl adjacent to an activating group) is 1. The third kappa shape index (κ3) is 7.61. The van der Waals surface area contributed by atoms with E-state index >= 15 is 0 Å². The summed E-state index contributed by atoms with van der Waals surface area (Å²) in [7, 11) is -3.13. The van der Waals surface area contributed by atoms with E-state index in [0.29, 0.717) is 4.31 Å². The van der Waals surface area contributed by atoms with Crippen LogP contribution in [0.15, 0.2) is 0 Å². The quantitative estimate of drug-likeness (QED) is 0.484. The highest BCUT2D eigenvalue weighted by Gasteiger charge is 2.17. The van der Waals surface area contributed by atoms with Crippen molar-refractivity contribution in [3.8, 4) is 0 Å². The van der Waals surface area contributed by atoms with E-state index in [1.165, 1.54) is 0 Å². The van der Waals surface area contributed by atoms with Gasteiger partial charge in [0.05, 0.1) is 24.7 Å². The first kappa shape index (κ1) is 16.4. The molecule has 0 aliphatic heterocycles. The van der Waals surface area contributed by atoms with Gasteiger partial charge in [-0.05, 0) is 0 Å². The number of rotatable bonds is 8. The molecule has 0 bridgehead atoms. The minimum atomic E-state index is -4.27. The van der Waals surface area contributed by atoms with Crippen molar-refractivity contribution >= 4 is 33.5 Å². The number of aliphatic hydroxyl groups is 1. The van der Waals surface area contributed by atoms with Crippen molar-refractivity contribution < 1.29 is 22.8 Å². The molecular weight excluding hydrogens is 281 g/mol. The van der Waals surface area contributed by atoms with Gasteiger partial charge in [0.25, 0.3) is 0 Å². The molecule has 2 atom stereocenters. The minimum absolute atomic E-state index is 0.0834. The summed E-state index contributed by atoms with van der Waals surface area (Å²) < 4.78 is 35.4. The van der Waals surface area contributed by atoms with Gasteiger partial charge in [-0.25, -0.2) is 0 Å². The highest BCUT2D eigenvalue weighted by molar-refractivity contribution is 7.83. The van der Waals surface area contributed by atoms with Gasteiger partial charge in [0.1, 0.15) is 0 Å². The molecule has 6 nitrogen and oxygen atoms in total. The molecule has 9 heteroatoms. The molecule has 2 N–H and O–H groups in total. The first-order chi connectivity index (χ1) is 7.27. The van der Waals surface area contributed by atoms with Crippen LogP contribution in [0.25, 0.3) is 0 Å². The van der Waals surface area contributed by atoms with Crippen molar-refractivity contribution in [1.29, 1.82) is 0 Å². The summed E-state index contributed by atoms with van der Waals surface area (Å²) in [6.07, 6.45) is -1.04. The molecule has 0 aliphatic rings. The summed E-state index contributed by atoms with van der Waals surface area (Å²) in [5.41, 5.74) is 0. The largest absolute Gasteiger partial charge is 0.389 e. The molecule has 0 heterocycles. The Morgan fingerprint density at radius 2 is 2.00 bits per heavy atom. The van der Waals surface area contributed by atoms with Gasteiger partial charge < -0.3 is 9.84 Å². The SMILES string of the molecule is CN(C[C@H](O)COC[C@@H](Cl)CCl)S(=O)(=O)O. The lowest BCUT2D eigenvalue weighted by Crippen LogP contribution is -2.36. The smallest absolute Gasteiger partial charge is 0.335 e. The summed E-state index contributed by atoms with van der Waals surface area (Å²) in [4.78, 5) is 0. The Labute approximate surface area is 105 Å². The standard InChI is InChI=1S/C7H15Cl2NO5S/c1-10(16(12,13)14)3-7(11)5-15-4-6(9)2-8/h6-7,11H,2-5H2,1H3,(H,12,13,14)/t6-,7-/m0/s1. The molecule has 16 heavy (non-hydrogen) atoms. The van der Waals surface area contributed by atoms with E-state index in [2.05, 4.69) is 0 Å². The van der Waals surface area contributed by atoms with Crippen LogP contribution in [-0.2, 0) is 15.0 Å². The first-order valence-electron chi connectivity index (χ1n) is 4.42. The van der Waals surface area contributed by atoms with Crippen LogP contribution < -0.4 is 0 Å². The van der Waals surface area contributed by atoms with Crippen LogP contribution >= 0.6 is 23.2 Å². The van der Waals surface area contributed by atoms with Crippen LogP contribution in [0.5, 0.6) is 0 Å². The summed E-state index contributed by atoms with van der Waals surface area (Å²) in [5, 5.41) is 9.00. The average Bonchev–Trinajstić information content (AvgIpc) is 2.15. The zero-order valence-corrected chi connectivity index (χ0v) is 11.0. The molecule has 0 aromatic rings. The van der Waals surface area contributed by atoms with Crippen LogP contribution in [0.4, 0.5) is 0 Å². The molecule has 0 aliphatic carbocycles. The molecule has 0 saturated carbocycles. The monoisotopic (exact) mass is 295 g/mol. The molecule has 0 saturated heterocycles. The van der Waals surface area contributed by atoms with Gasteiger partial charge in [0.15, 0.2) is 0 Å². The number of aliphatic hydroxyl groups excluding tert-OH is 1. The lowest BCUT2D eigenvalue weighted by Gasteiger charge is -2.17. The lowest BCUT2D eigenvalue weighted by atomic mass is 10.4. The summed E-state index contributed by atoms with van der Waals surface area (Å²) in [5.74, 6) is 0.225. The summed E-state index contributed by atoms with van der Waals surface area (Å²) in [6, 6.07) is 0. The maximum Gasteiger partial charge on any atom is 0.335 e. The van der Waals surface area contributed by atoms with E-state index in [1.54, 1.807) is 0 Å². The number of hydrogen-bond acceptors (Lipinski definition) is 4. The molecule has 0 fully saturated rings. The van der Waals surface area contributed by atoms with Crippen LogP contribution in [0.1, 0.15) is 0 Å². The number of halogens is 2. The van der Waals surface area contributed by atoms with E-state index in [9.17, 15) is 13.5 Å². The number of hydrogen-bond donors (Lipinski definition) is 2. The topological polar surface area (TPSA) is 87.1 Å².